The number of rotatable bonds is 5. The van der Waals surface area contributed by atoms with Crippen LogP contribution in [0, 0.1) is 18.8 Å². The highest BCUT2D eigenvalue weighted by molar-refractivity contribution is 7.89. The number of aryl methyl sites for hydroxylation is 1. The van der Waals surface area contributed by atoms with Gasteiger partial charge in [0.05, 0.1) is 4.90 Å². The lowest BCUT2D eigenvalue weighted by Crippen LogP contribution is -2.64. The molecule has 4 nitrogen and oxygen atoms in total. The number of fused-ring (bicyclic) bond motifs is 1. The van der Waals surface area contributed by atoms with Crippen LogP contribution in [0.4, 0.5) is 0 Å². The summed E-state index contributed by atoms with van der Waals surface area (Å²) >= 11 is 0. The van der Waals surface area contributed by atoms with Gasteiger partial charge in [0, 0.05) is 31.6 Å². The molecule has 2 heterocycles. The Morgan fingerprint density at radius 3 is 2.61 bits per heavy atom. The summed E-state index contributed by atoms with van der Waals surface area (Å²) in [4.78, 5) is 3.01. The number of hydrogen-bond donors (Lipinski definition) is 0. The first kappa shape index (κ1) is 16.9. The number of sulfonamides is 1. The van der Waals surface area contributed by atoms with Gasteiger partial charge in [-0.1, -0.05) is 32.0 Å². The number of benzene rings is 1. The second-order valence-electron chi connectivity index (χ2n) is 7.42. The predicted molar refractivity (Wildman–Crippen MR) is 92.9 cm³/mol. The molecule has 1 aromatic carbocycles. The highest BCUT2D eigenvalue weighted by atomic mass is 32.2. The minimum Gasteiger partial charge on any atom is -0.300 e. The van der Waals surface area contributed by atoms with Crippen LogP contribution < -0.4 is 0 Å². The van der Waals surface area contributed by atoms with Crippen LogP contribution in [0.15, 0.2) is 29.2 Å². The second-order valence-corrected chi connectivity index (χ2v) is 9.33. The van der Waals surface area contributed by atoms with Crippen molar-refractivity contribution in [1.82, 2.24) is 9.21 Å². The number of nitrogens with zero attached hydrogens (tertiary/aromatic N) is 2. The van der Waals surface area contributed by atoms with Crippen LogP contribution in [-0.2, 0) is 10.0 Å². The van der Waals surface area contributed by atoms with Gasteiger partial charge in [0.1, 0.15) is 0 Å². The lowest BCUT2D eigenvalue weighted by molar-refractivity contribution is -0.0266. The first-order valence-electron chi connectivity index (χ1n) is 8.69. The van der Waals surface area contributed by atoms with Gasteiger partial charge in [-0.05, 0) is 43.9 Å². The van der Waals surface area contributed by atoms with Crippen LogP contribution in [-0.4, -0.2) is 49.8 Å². The topological polar surface area (TPSA) is 40.6 Å². The number of hydrogen-bond acceptors (Lipinski definition) is 3. The van der Waals surface area contributed by atoms with E-state index in [1.54, 1.807) is 10.4 Å². The molecule has 0 amide bonds. The molecule has 1 aromatic rings. The normalized spacial score (nSPS) is 26.1. The molecule has 2 fully saturated rings. The van der Waals surface area contributed by atoms with Gasteiger partial charge in [0.15, 0.2) is 0 Å². The quantitative estimate of drug-likeness (QED) is 0.830. The first-order chi connectivity index (χ1) is 10.9. The van der Waals surface area contributed by atoms with Crippen LogP contribution in [0.3, 0.4) is 0 Å². The molecular formula is C18H28N2O2S. The molecule has 2 atom stereocenters. The van der Waals surface area contributed by atoms with Gasteiger partial charge in [-0.15, -0.1) is 0 Å². The minimum absolute atomic E-state index is 0.467. The molecule has 5 heteroatoms. The Morgan fingerprint density at radius 1 is 1.22 bits per heavy atom. The van der Waals surface area contributed by atoms with Crippen molar-refractivity contribution in [2.75, 3.05) is 26.2 Å². The monoisotopic (exact) mass is 336 g/mol. The third kappa shape index (κ3) is 3.32. The maximum atomic E-state index is 12.9. The average Bonchev–Trinajstić information content (AvgIpc) is 2.47. The van der Waals surface area contributed by atoms with Crippen molar-refractivity contribution in [3.8, 4) is 0 Å². The van der Waals surface area contributed by atoms with E-state index in [2.05, 4.69) is 18.7 Å². The summed E-state index contributed by atoms with van der Waals surface area (Å²) in [6.07, 6.45) is 2.20. The summed E-state index contributed by atoms with van der Waals surface area (Å²) in [6, 6.07) is 7.89. The summed E-state index contributed by atoms with van der Waals surface area (Å²) in [5.74, 6) is 1.24. The molecule has 0 N–H and O–H groups in total. The zero-order chi connectivity index (χ0) is 16.6. The van der Waals surface area contributed by atoms with Crippen LogP contribution in [0.1, 0.15) is 32.3 Å². The summed E-state index contributed by atoms with van der Waals surface area (Å²) in [5, 5.41) is 0. The highest BCUT2D eigenvalue weighted by Crippen LogP contribution is 2.35. The predicted octanol–water partition coefficient (Wildman–Crippen LogP) is 2.74. The number of piperidine rings is 1. The highest BCUT2D eigenvalue weighted by Gasteiger charge is 2.44. The van der Waals surface area contributed by atoms with E-state index in [1.807, 2.05) is 25.1 Å². The van der Waals surface area contributed by atoms with Crippen molar-refractivity contribution < 1.29 is 8.42 Å². The van der Waals surface area contributed by atoms with Gasteiger partial charge in [0.25, 0.3) is 0 Å². The molecule has 0 bridgehead atoms. The van der Waals surface area contributed by atoms with Crippen molar-refractivity contribution in [3.63, 3.8) is 0 Å². The van der Waals surface area contributed by atoms with Crippen LogP contribution in [0.2, 0.25) is 0 Å². The fourth-order valence-corrected chi connectivity index (χ4v) is 5.57. The molecule has 23 heavy (non-hydrogen) atoms. The Hall–Kier alpha value is -0.910. The second kappa shape index (κ2) is 6.54. The molecule has 0 aliphatic carbocycles. The number of likely N-dealkylation sites (tertiary alicyclic amines) is 1. The zero-order valence-corrected chi connectivity index (χ0v) is 15.2. The SMILES string of the molecule is Cc1ccccc1S(=O)(=O)N1CC[C@H]2[C@@H](CN2CCC(C)C)C1. The molecule has 0 saturated carbocycles. The molecule has 128 valence electrons. The van der Waals surface area contributed by atoms with E-state index in [0.29, 0.717) is 29.9 Å². The fraction of sp³-hybridized carbons (Fsp3) is 0.667. The van der Waals surface area contributed by atoms with Crippen molar-refractivity contribution in [2.24, 2.45) is 11.8 Å². The van der Waals surface area contributed by atoms with E-state index >= 15 is 0 Å². The van der Waals surface area contributed by atoms with E-state index in [0.717, 1.165) is 31.0 Å². The summed E-state index contributed by atoms with van der Waals surface area (Å²) in [7, 11) is -3.34. The first-order valence-corrected chi connectivity index (χ1v) is 10.1. The summed E-state index contributed by atoms with van der Waals surface area (Å²) in [5.41, 5.74) is 0.835. The minimum atomic E-state index is -3.34. The van der Waals surface area contributed by atoms with Gasteiger partial charge in [-0.3, -0.25) is 4.90 Å². The van der Waals surface area contributed by atoms with Crippen molar-refractivity contribution in [1.29, 1.82) is 0 Å². The molecule has 0 aromatic heterocycles. The Kier molecular flexibility index (Phi) is 4.81. The smallest absolute Gasteiger partial charge is 0.243 e. The van der Waals surface area contributed by atoms with E-state index in [-0.39, 0.29) is 0 Å². The Balaban J connectivity index is 1.64. The molecule has 0 spiro atoms. The van der Waals surface area contributed by atoms with Crippen LogP contribution in [0.25, 0.3) is 0 Å². The Labute approximate surface area is 140 Å². The summed E-state index contributed by atoms with van der Waals surface area (Å²) < 4.78 is 27.5. The lowest BCUT2D eigenvalue weighted by Gasteiger charge is -2.53. The maximum absolute atomic E-state index is 12.9. The van der Waals surface area contributed by atoms with Gasteiger partial charge in [-0.25, -0.2) is 8.42 Å². The van der Waals surface area contributed by atoms with Crippen LogP contribution >= 0.6 is 0 Å². The Bertz CT molecular complexity index is 657. The molecule has 0 radical (unpaired) electrons. The van der Waals surface area contributed by atoms with E-state index < -0.39 is 10.0 Å². The molecule has 2 saturated heterocycles. The molecule has 2 aliphatic heterocycles. The van der Waals surface area contributed by atoms with Gasteiger partial charge >= 0.3 is 0 Å². The fourth-order valence-electron chi connectivity index (χ4n) is 3.83. The molecule has 0 unspecified atom stereocenters. The van der Waals surface area contributed by atoms with E-state index in [9.17, 15) is 8.42 Å². The van der Waals surface area contributed by atoms with Gasteiger partial charge < -0.3 is 0 Å². The lowest BCUT2D eigenvalue weighted by atomic mass is 9.83. The zero-order valence-electron chi connectivity index (χ0n) is 14.4. The van der Waals surface area contributed by atoms with E-state index in [1.165, 1.54) is 6.42 Å². The van der Waals surface area contributed by atoms with Crippen LogP contribution in [0.5, 0.6) is 0 Å². The molecular weight excluding hydrogens is 308 g/mol. The van der Waals surface area contributed by atoms with Crippen molar-refractivity contribution in [3.05, 3.63) is 29.8 Å². The third-order valence-corrected chi connectivity index (χ3v) is 7.33. The largest absolute Gasteiger partial charge is 0.300 e. The van der Waals surface area contributed by atoms with Crippen molar-refractivity contribution in [2.45, 2.75) is 44.6 Å². The third-order valence-electron chi connectivity index (χ3n) is 5.30. The molecule has 2 aliphatic rings. The van der Waals surface area contributed by atoms with Gasteiger partial charge in [0.2, 0.25) is 10.0 Å². The Morgan fingerprint density at radius 2 is 1.96 bits per heavy atom. The molecule has 3 rings (SSSR count). The van der Waals surface area contributed by atoms with Gasteiger partial charge in [-0.2, -0.15) is 4.31 Å². The maximum Gasteiger partial charge on any atom is 0.243 e. The summed E-state index contributed by atoms with van der Waals surface area (Å²) in [6.45, 7) is 9.93. The van der Waals surface area contributed by atoms with E-state index in [4.69, 9.17) is 0 Å². The van der Waals surface area contributed by atoms with Crippen molar-refractivity contribution >= 4 is 10.0 Å². The average molecular weight is 337 g/mol. The standard InChI is InChI=1S/C18H28N2O2S/c1-14(2)8-10-19-12-16-13-20(11-9-17(16)19)23(21,22)18-7-5-4-6-15(18)3/h4-7,14,16-17H,8-13H2,1-3H3/t16-,17-/m0/s1.